The predicted octanol–water partition coefficient (Wildman–Crippen LogP) is -0.0189. The second-order valence-electron chi connectivity index (χ2n) is 2.42. The van der Waals surface area contributed by atoms with Crippen LogP contribution >= 0.6 is 0 Å². The van der Waals surface area contributed by atoms with Crippen molar-refractivity contribution in [3.63, 3.8) is 0 Å². The zero-order valence-corrected chi connectivity index (χ0v) is 7.60. The van der Waals surface area contributed by atoms with Gasteiger partial charge >= 0.3 is 0 Å². The summed E-state index contributed by atoms with van der Waals surface area (Å²) in [7, 11) is -3.34. The normalized spacial score (nSPS) is 14.8. The summed E-state index contributed by atoms with van der Waals surface area (Å²) < 4.78 is 26.0. The van der Waals surface area contributed by atoms with Crippen molar-refractivity contribution in [2.75, 3.05) is 19.0 Å². The molecule has 0 heterocycles. The maximum Gasteiger partial charge on any atom is 0.267 e. The lowest BCUT2D eigenvalue weighted by Gasteiger charge is -2.07. The van der Waals surface area contributed by atoms with Gasteiger partial charge in [0.25, 0.3) is 10.1 Å². The zero-order chi connectivity index (χ0) is 8.91. The molecule has 0 aromatic carbocycles. The Bertz CT molecular complexity index is 185. The average molecular weight is 182 g/mol. The first-order chi connectivity index (χ1) is 5.02. The van der Waals surface area contributed by atoms with Crippen LogP contribution < -0.4 is 0 Å². The topological polar surface area (TPSA) is 63.6 Å². The van der Waals surface area contributed by atoms with Crippen molar-refractivity contribution in [1.82, 2.24) is 0 Å². The molecule has 0 aliphatic heterocycles. The molecule has 0 saturated carbocycles. The van der Waals surface area contributed by atoms with Crippen molar-refractivity contribution in [2.24, 2.45) is 5.92 Å². The summed E-state index contributed by atoms with van der Waals surface area (Å²) in [5.41, 5.74) is 0. The van der Waals surface area contributed by atoms with Crippen LogP contribution in [0, 0.1) is 5.92 Å². The molecule has 1 N–H and O–H groups in total. The maximum absolute atomic E-state index is 10.7. The fourth-order valence-corrected chi connectivity index (χ4v) is 0.962. The van der Waals surface area contributed by atoms with Crippen molar-refractivity contribution in [1.29, 1.82) is 0 Å². The predicted molar refractivity (Wildman–Crippen MR) is 41.7 cm³/mol. The summed E-state index contributed by atoms with van der Waals surface area (Å²) in [6.45, 7) is 3.23. The van der Waals surface area contributed by atoms with Crippen LogP contribution in [0.4, 0.5) is 0 Å². The molecule has 68 valence electrons. The van der Waals surface area contributed by atoms with E-state index in [0.29, 0.717) is 0 Å². The van der Waals surface area contributed by atoms with Crippen molar-refractivity contribution in [2.45, 2.75) is 13.8 Å². The standard InChI is InChI=1S/C6H14O4S/c1-3-11(8,9)10-5-6(2)4-7/h6-7H,3-5H2,1-2H3. The largest absolute Gasteiger partial charge is 0.396 e. The van der Waals surface area contributed by atoms with Crippen LogP contribution in [0.5, 0.6) is 0 Å². The van der Waals surface area contributed by atoms with E-state index >= 15 is 0 Å². The molecule has 0 bridgehead atoms. The Hall–Kier alpha value is -0.130. The lowest BCUT2D eigenvalue weighted by molar-refractivity contribution is 0.178. The molecular weight excluding hydrogens is 168 g/mol. The van der Waals surface area contributed by atoms with E-state index in [2.05, 4.69) is 4.18 Å². The van der Waals surface area contributed by atoms with E-state index in [1.165, 1.54) is 6.92 Å². The highest BCUT2D eigenvalue weighted by atomic mass is 32.2. The summed E-state index contributed by atoms with van der Waals surface area (Å²) in [4.78, 5) is 0. The monoisotopic (exact) mass is 182 g/mol. The molecule has 4 nitrogen and oxygen atoms in total. The van der Waals surface area contributed by atoms with Crippen LogP contribution in [0.25, 0.3) is 0 Å². The third kappa shape index (κ3) is 5.17. The first-order valence-electron chi connectivity index (χ1n) is 3.49. The van der Waals surface area contributed by atoms with E-state index in [1.807, 2.05) is 0 Å². The number of aliphatic hydroxyl groups is 1. The van der Waals surface area contributed by atoms with Gasteiger partial charge in [0.1, 0.15) is 0 Å². The second kappa shape index (κ2) is 4.69. The van der Waals surface area contributed by atoms with E-state index in [4.69, 9.17) is 5.11 Å². The minimum absolute atomic E-state index is 0.0227. The third-order valence-electron chi connectivity index (χ3n) is 1.20. The van der Waals surface area contributed by atoms with Crippen LogP contribution in [0.1, 0.15) is 13.8 Å². The zero-order valence-electron chi connectivity index (χ0n) is 6.78. The number of hydrogen-bond donors (Lipinski definition) is 1. The van der Waals surface area contributed by atoms with Gasteiger partial charge in [-0.1, -0.05) is 6.92 Å². The summed E-state index contributed by atoms with van der Waals surface area (Å²) in [6, 6.07) is 0. The summed E-state index contributed by atoms with van der Waals surface area (Å²) >= 11 is 0. The lowest BCUT2D eigenvalue weighted by atomic mass is 10.2. The average Bonchev–Trinajstić information content (AvgIpc) is 2.00. The number of rotatable bonds is 5. The van der Waals surface area contributed by atoms with Crippen LogP contribution in [0.3, 0.4) is 0 Å². The van der Waals surface area contributed by atoms with Gasteiger partial charge in [-0.25, -0.2) is 0 Å². The summed E-state index contributed by atoms with van der Waals surface area (Å²) in [5.74, 6) is -0.151. The first kappa shape index (κ1) is 10.9. The smallest absolute Gasteiger partial charge is 0.267 e. The van der Waals surface area contributed by atoms with E-state index < -0.39 is 10.1 Å². The van der Waals surface area contributed by atoms with Gasteiger partial charge in [0, 0.05) is 12.5 Å². The molecule has 0 radical (unpaired) electrons. The molecule has 0 aromatic heterocycles. The lowest BCUT2D eigenvalue weighted by Crippen LogP contribution is -2.16. The van der Waals surface area contributed by atoms with Gasteiger partial charge in [0.05, 0.1) is 12.4 Å². The molecule has 0 aliphatic carbocycles. The van der Waals surface area contributed by atoms with Gasteiger partial charge < -0.3 is 5.11 Å². The van der Waals surface area contributed by atoms with Crippen molar-refractivity contribution < 1.29 is 17.7 Å². The minimum atomic E-state index is -3.34. The molecule has 0 rings (SSSR count). The van der Waals surface area contributed by atoms with Crippen LogP contribution in [0.2, 0.25) is 0 Å². The number of hydrogen-bond acceptors (Lipinski definition) is 4. The van der Waals surface area contributed by atoms with Gasteiger partial charge in [0.15, 0.2) is 0 Å². The second-order valence-corrected chi connectivity index (χ2v) is 4.35. The summed E-state index contributed by atoms with van der Waals surface area (Å²) in [5, 5.41) is 8.53. The van der Waals surface area contributed by atoms with Crippen molar-refractivity contribution in [3.8, 4) is 0 Å². The highest BCUT2D eigenvalue weighted by molar-refractivity contribution is 7.86. The molecule has 5 heteroatoms. The molecule has 1 unspecified atom stereocenters. The van der Waals surface area contributed by atoms with Gasteiger partial charge in [-0.2, -0.15) is 8.42 Å². The molecule has 0 fully saturated rings. The molecular formula is C6H14O4S. The van der Waals surface area contributed by atoms with E-state index in [9.17, 15) is 8.42 Å². The molecule has 0 saturated heterocycles. The fourth-order valence-electron chi connectivity index (χ4n) is 0.356. The van der Waals surface area contributed by atoms with Gasteiger partial charge in [-0.05, 0) is 6.92 Å². The van der Waals surface area contributed by atoms with Gasteiger partial charge in [-0.3, -0.25) is 4.18 Å². The van der Waals surface area contributed by atoms with Crippen molar-refractivity contribution >= 4 is 10.1 Å². The molecule has 0 aromatic rings. The van der Waals surface area contributed by atoms with Gasteiger partial charge in [0.2, 0.25) is 0 Å². The number of aliphatic hydroxyl groups excluding tert-OH is 1. The Morgan fingerprint density at radius 2 is 2.09 bits per heavy atom. The van der Waals surface area contributed by atoms with Crippen LogP contribution in [-0.2, 0) is 14.3 Å². The SMILES string of the molecule is CCS(=O)(=O)OCC(C)CO. The summed E-state index contributed by atoms with van der Waals surface area (Å²) in [6.07, 6.45) is 0. The molecule has 1 atom stereocenters. The fraction of sp³-hybridized carbons (Fsp3) is 1.00. The Labute approximate surface area is 67.3 Å². The maximum atomic E-state index is 10.7. The first-order valence-corrected chi connectivity index (χ1v) is 5.07. The van der Waals surface area contributed by atoms with Crippen molar-refractivity contribution in [3.05, 3.63) is 0 Å². The highest BCUT2D eigenvalue weighted by Crippen LogP contribution is 1.98. The van der Waals surface area contributed by atoms with E-state index in [1.54, 1.807) is 6.92 Å². The Morgan fingerprint density at radius 1 is 1.55 bits per heavy atom. The van der Waals surface area contributed by atoms with Gasteiger partial charge in [-0.15, -0.1) is 0 Å². The third-order valence-corrected chi connectivity index (χ3v) is 2.40. The minimum Gasteiger partial charge on any atom is -0.396 e. The molecule has 11 heavy (non-hydrogen) atoms. The Morgan fingerprint density at radius 3 is 2.45 bits per heavy atom. The van der Waals surface area contributed by atoms with E-state index in [0.717, 1.165) is 0 Å². The van der Waals surface area contributed by atoms with Crippen LogP contribution in [-0.4, -0.2) is 32.5 Å². The molecule has 0 spiro atoms. The Balaban J connectivity index is 3.71. The molecule has 0 amide bonds. The highest BCUT2D eigenvalue weighted by Gasteiger charge is 2.09. The Kier molecular flexibility index (Phi) is 4.63. The molecule has 0 aliphatic rings. The van der Waals surface area contributed by atoms with E-state index in [-0.39, 0.29) is 24.9 Å². The van der Waals surface area contributed by atoms with Crippen LogP contribution in [0.15, 0.2) is 0 Å². The quantitative estimate of drug-likeness (QED) is 0.607.